The summed E-state index contributed by atoms with van der Waals surface area (Å²) in [5.74, 6) is -9.71. The lowest BCUT2D eigenvalue weighted by Gasteiger charge is -2.23. The first-order valence-electron chi connectivity index (χ1n) is 11.9. The van der Waals surface area contributed by atoms with Crippen LogP contribution in [0.1, 0.15) is 25.7 Å². The predicted octanol–water partition coefficient (Wildman–Crippen LogP) is -4.01. The van der Waals surface area contributed by atoms with Gasteiger partial charge in [0.2, 0.25) is 24.1 Å². The van der Waals surface area contributed by atoms with Crippen molar-refractivity contribution >= 4 is 75.5 Å². The topological polar surface area (TPSA) is 326 Å². The summed E-state index contributed by atoms with van der Waals surface area (Å²) in [6.07, 6.45) is -1.38. The number of nitrogens with two attached hydrogens (primary N) is 2. The van der Waals surface area contributed by atoms with Gasteiger partial charge in [-0.05, 0) is 12.8 Å². The fourth-order valence-electron chi connectivity index (χ4n) is 2.74. The normalized spacial score (nSPS) is 13.4. The van der Waals surface area contributed by atoms with E-state index in [0.29, 0.717) is 4.90 Å². The van der Waals surface area contributed by atoms with E-state index in [-0.39, 0.29) is 37.2 Å². The Balaban J connectivity index is 5.43. The summed E-state index contributed by atoms with van der Waals surface area (Å²) in [5, 5.41) is 42.1. The number of carbonyl (C=O) groups excluding carboxylic acids is 5. The van der Waals surface area contributed by atoms with E-state index in [2.05, 4.69) is 16.0 Å². The maximum atomic E-state index is 12.7. The maximum Gasteiger partial charge on any atom is 0.323 e. The van der Waals surface area contributed by atoms with Crippen molar-refractivity contribution in [2.45, 2.75) is 49.9 Å². The molecule has 0 spiro atoms. The second-order valence-electron chi connectivity index (χ2n) is 8.35. The van der Waals surface area contributed by atoms with E-state index >= 15 is 0 Å². The first-order valence-corrected chi connectivity index (χ1v) is 14.3. The van der Waals surface area contributed by atoms with Gasteiger partial charge in [0.05, 0.1) is 0 Å². The van der Waals surface area contributed by atoms with Crippen molar-refractivity contribution in [2.24, 2.45) is 11.5 Å². The molecule has 42 heavy (non-hydrogen) atoms. The molecule has 0 aromatic rings. The van der Waals surface area contributed by atoms with Gasteiger partial charge in [-0.2, -0.15) is 0 Å². The molecule has 0 unspecified atom stereocenters. The number of carbonyl (C=O) groups is 9. The second-order valence-corrected chi connectivity index (χ2v) is 10.9. The van der Waals surface area contributed by atoms with Crippen LogP contribution < -0.4 is 27.4 Å². The molecule has 0 aliphatic carbocycles. The van der Waals surface area contributed by atoms with E-state index in [1.807, 2.05) is 0 Å². The van der Waals surface area contributed by atoms with E-state index in [1.54, 1.807) is 0 Å². The molecule has 236 valence electrons. The second kappa shape index (κ2) is 20.0. The Hall–Kier alpha value is -3.95. The summed E-state index contributed by atoms with van der Waals surface area (Å²) in [4.78, 5) is 105. The number of nitrogens with zero attached hydrogens (tertiary/aromatic N) is 1. The third-order valence-electron chi connectivity index (χ3n) is 4.97. The third kappa shape index (κ3) is 16.3. The molecular weight excluding hydrogens is 608 g/mol. The van der Waals surface area contributed by atoms with Crippen LogP contribution >= 0.6 is 21.6 Å². The van der Waals surface area contributed by atoms with Gasteiger partial charge in [0.1, 0.15) is 37.3 Å². The molecule has 4 atom stereocenters. The number of amides is 5. The summed E-state index contributed by atoms with van der Waals surface area (Å²) in [5.41, 5.74) is 10.7. The minimum Gasteiger partial charge on any atom is -0.480 e. The molecule has 5 amide bonds. The van der Waals surface area contributed by atoms with Gasteiger partial charge in [-0.15, -0.1) is 0 Å². The van der Waals surface area contributed by atoms with Crippen molar-refractivity contribution in [1.29, 1.82) is 0 Å². The molecule has 21 heteroatoms. The molecule has 0 saturated carbocycles. The van der Waals surface area contributed by atoms with E-state index in [1.165, 1.54) is 0 Å². The molecular formula is C21H32N6O13S2. The quantitative estimate of drug-likeness (QED) is 0.0309. The number of imide groups is 1. The van der Waals surface area contributed by atoms with E-state index in [4.69, 9.17) is 31.9 Å². The van der Waals surface area contributed by atoms with Crippen LogP contribution in [0, 0.1) is 0 Å². The van der Waals surface area contributed by atoms with Crippen LogP contribution in [-0.4, -0.2) is 128 Å². The Morgan fingerprint density at radius 3 is 1.60 bits per heavy atom. The number of rotatable bonds is 22. The molecule has 0 aromatic carbocycles. The van der Waals surface area contributed by atoms with Gasteiger partial charge in [0.25, 0.3) is 5.91 Å². The smallest absolute Gasteiger partial charge is 0.323 e. The van der Waals surface area contributed by atoms with E-state index in [0.717, 1.165) is 21.6 Å². The van der Waals surface area contributed by atoms with Crippen molar-refractivity contribution in [3.63, 3.8) is 0 Å². The molecule has 0 aliphatic rings. The average molecular weight is 641 g/mol. The van der Waals surface area contributed by atoms with Crippen molar-refractivity contribution in [3.05, 3.63) is 0 Å². The fourth-order valence-corrected chi connectivity index (χ4v) is 5.06. The molecule has 0 fully saturated rings. The molecule has 0 saturated heterocycles. The lowest BCUT2D eigenvalue weighted by molar-refractivity contribution is -0.149. The number of carboxylic acid groups (broad SMARTS) is 4. The standard InChI is InChI=1S/C21H32N6O13S2/c22-10(20(37)38)1-3-14(29)25-12(18(35)24-5-16(31)32)7-41-42-8-13(19(36)27(9-28)6-17(33)34)26-15(30)4-2-11(23)21(39)40/h9-13H,1-8,22-23H2,(H,24,35)(H,25,29)(H,26,30)(H,31,32)(H,33,34)(H,37,38)(H,39,40)/t10-,11-,12-,13-/m0/s1. The van der Waals surface area contributed by atoms with Crippen molar-refractivity contribution in [2.75, 3.05) is 24.6 Å². The van der Waals surface area contributed by atoms with Gasteiger partial charge >= 0.3 is 23.9 Å². The monoisotopic (exact) mass is 640 g/mol. The summed E-state index contributed by atoms with van der Waals surface area (Å²) < 4.78 is 0. The Morgan fingerprint density at radius 1 is 0.738 bits per heavy atom. The summed E-state index contributed by atoms with van der Waals surface area (Å²) in [6, 6.07) is -5.51. The number of hydrogen-bond donors (Lipinski definition) is 9. The Labute approximate surface area is 245 Å². The van der Waals surface area contributed by atoms with Crippen LogP contribution in [0.2, 0.25) is 0 Å². The molecule has 11 N–H and O–H groups in total. The summed E-state index contributed by atoms with van der Waals surface area (Å²) in [7, 11) is 1.73. The van der Waals surface area contributed by atoms with Crippen LogP contribution in [0.25, 0.3) is 0 Å². The molecule has 0 rings (SSSR count). The molecule has 0 aliphatic heterocycles. The van der Waals surface area contributed by atoms with Gasteiger partial charge in [0.15, 0.2) is 0 Å². The van der Waals surface area contributed by atoms with Gasteiger partial charge in [0, 0.05) is 24.3 Å². The fraction of sp³-hybridized carbons (Fsp3) is 0.571. The zero-order valence-electron chi connectivity index (χ0n) is 21.9. The zero-order valence-corrected chi connectivity index (χ0v) is 23.6. The van der Waals surface area contributed by atoms with Crippen molar-refractivity contribution in [3.8, 4) is 0 Å². The first-order chi connectivity index (χ1) is 19.6. The molecule has 0 bridgehead atoms. The highest BCUT2D eigenvalue weighted by Crippen LogP contribution is 2.24. The van der Waals surface area contributed by atoms with Gasteiger partial charge in [-0.1, -0.05) is 21.6 Å². The number of nitrogens with one attached hydrogen (secondary N) is 3. The van der Waals surface area contributed by atoms with E-state index in [9.17, 15) is 43.2 Å². The first kappa shape index (κ1) is 38.0. The Morgan fingerprint density at radius 2 is 1.19 bits per heavy atom. The highest BCUT2D eigenvalue weighted by atomic mass is 33.1. The average Bonchev–Trinajstić information content (AvgIpc) is 2.91. The van der Waals surface area contributed by atoms with Crippen LogP contribution in [-0.2, 0) is 43.2 Å². The molecule has 0 heterocycles. The number of aliphatic carboxylic acids is 4. The Bertz CT molecular complexity index is 1030. The summed E-state index contributed by atoms with van der Waals surface area (Å²) >= 11 is 0. The van der Waals surface area contributed by atoms with Crippen molar-refractivity contribution < 1.29 is 63.6 Å². The van der Waals surface area contributed by atoms with Crippen molar-refractivity contribution in [1.82, 2.24) is 20.9 Å². The minimum atomic E-state index is -1.52. The maximum absolute atomic E-state index is 12.7. The highest BCUT2D eigenvalue weighted by molar-refractivity contribution is 8.76. The minimum absolute atomic E-state index is 0.0532. The van der Waals surface area contributed by atoms with Crippen LogP contribution in [0.4, 0.5) is 0 Å². The Kier molecular flexibility index (Phi) is 18.1. The zero-order chi connectivity index (χ0) is 32.4. The molecule has 19 nitrogen and oxygen atoms in total. The molecule has 0 aromatic heterocycles. The highest BCUT2D eigenvalue weighted by Gasteiger charge is 2.29. The van der Waals surface area contributed by atoms with E-state index < -0.39 is 91.2 Å². The van der Waals surface area contributed by atoms with Gasteiger partial charge in [-0.25, -0.2) is 0 Å². The molecule has 0 radical (unpaired) electrons. The van der Waals surface area contributed by atoms with Crippen LogP contribution in [0.3, 0.4) is 0 Å². The van der Waals surface area contributed by atoms with Crippen LogP contribution in [0.5, 0.6) is 0 Å². The predicted molar refractivity (Wildman–Crippen MR) is 145 cm³/mol. The lowest BCUT2D eigenvalue weighted by atomic mass is 10.1. The van der Waals surface area contributed by atoms with Gasteiger partial charge < -0.3 is 47.8 Å². The van der Waals surface area contributed by atoms with Crippen LogP contribution in [0.15, 0.2) is 0 Å². The third-order valence-corrected chi connectivity index (χ3v) is 7.39. The number of carboxylic acids is 4. The lowest BCUT2D eigenvalue weighted by Crippen LogP contribution is -2.51. The summed E-state index contributed by atoms with van der Waals surface area (Å²) in [6.45, 7) is -1.79. The SMILES string of the molecule is N[C@@H](CCC(=O)N[C@@H](CSSC[C@H](NC(=O)CC[C@H](N)C(=O)O)C(=O)N(C=O)CC(=O)O)C(=O)NCC(=O)O)C(=O)O. The largest absolute Gasteiger partial charge is 0.480 e. The van der Waals surface area contributed by atoms with Gasteiger partial charge in [-0.3, -0.25) is 48.1 Å². The number of hydrogen-bond acceptors (Lipinski definition) is 13.